The van der Waals surface area contributed by atoms with Gasteiger partial charge in [-0.15, -0.1) is 11.5 Å². The first-order chi connectivity index (χ1) is 27.1. The van der Waals surface area contributed by atoms with Crippen molar-refractivity contribution in [2.75, 3.05) is 80.2 Å². The van der Waals surface area contributed by atoms with Crippen molar-refractivity contribution >= 4 is 11.9 Å². The summed E-state index contributed by atoms with van der Waals surface area (Å²) in [5, 5.41) is 62.6. The Morgan fingerprint density at radius 3 is 2.16 bits per heavy atom. The molecule has 20 nitrogen and oxygen atoms in total. The van der Waals surface area contributed by atoms with Gasteiger partial charge in [-0.3, -0.25) is 4.79 Å². The van der Waals surface area contributed by atoms with E-state index in [4.69, 9.17) is 49.1 Å². The number of ether oxygens (including phenoxy) is 9. The summed E-state index contributed by atoms with van der Waals surface area (Å²) >= 11 is 0. The van der Waals surface area contributed by atoms with Crippen LogP contribution in [0, 0.1) is 12.3 Å². The van der Waals surface area contributed by atoms with Crippen LogP contribution in [0.1, 0.15) is 12.0 Å². The molecule has 0 bridgehead atoms. The quantitative estimate of drug-likeness (QED) is 0.0477. The van der Waals surface area contributed by atoms with Crippen molar-refractivity contribution in [3.05, 3.63) is 36.0 Å². The third kappa shape index (κ3) is 13.2. The predicted octanol–water partition coefficient (Wildman–Crippen LogP) is -2.43. The fraction of sp³-hybridized carbons (Fsp3) is 0.667. The number of carbonyl (C=O) groups is 2. The Balaban J connectivity index is 1.02. The number of aromatic nitrogens is 3. The Morgan fingerprint density at radius 1 is 0.857 bits per heavy atom. The smallest absolute Gasteiger partial charge is 0.335 e. The summed E-state index contributed by atoms with van der Waals surface area (Å²) in [5.74, 6) is 0.668. The van der Waals surface area contributed by atoms with E-state index in [1.807, 2.05) is 30.5 Å². The number of benzene rings is 1. The second-order valence-electron chi connectivity index (χ2n) is 12.8. The van der Waals surface area contributed by atoms with Crippen molar-refractivity contribution in [2.24, 2.45) is 0 Å². The molecule has 2 aromatic rings. The first-order valence-electron chi connectivity index (χ1n) is 18.1. The van der Waals surface area contributed by atoms with E-state index in [0.29, 0.717) is 46.2 Å². The van der Waals surface area contributed by atoms with Gasteiger partial charge in [0.25, 0.3) is 0 Å². The van der Waals surface area contributed by atoms with Crippen molar-refractivity contribution in [3.8, 4) is 23.6 Å². The summed E-state index contributed by atoms with van der Waals surface area (Å²) in [6.45, 7) is 2.99. The molecule has 10 unspecified atom stereocenters. The highest BCUT2D eigenvalue weighted by atomic mass is 16.7. The number of amides is 1. The zero-order chi connectivity index (χ0) is 40.5. The summed E-state index contributed by atoms with van der Waals surface area (Å²) < 4.78 is 50.5. The Bertz CT molecular complexity index is 1530. The number of hydrogen-bond acceptors (Lipinski definition) is 17. The van der Waals surface area contributed by atoms with E-state index in [0.717, 1.165) is 16.8 Å². The lowest BCUT2D eigenvalue weighted by atomic mass is 9.93. The molecule has 1 amide bonds. The lowest BCUT2D eigenvalue weighted by molar-refractivity contribution is -0.302. The zero-order valence-corrected chi connectivity index (χ0v) is 31.3. The van der Waals surface area contributed by atoms with Gasteiger partial charge in [-0.1, -0.05) is 23.3 Å². The molecule has 1 aromatic heterocycles. The van der Waals surface area contributed by atoms with Gasteiger partial charge in [0.15, 0.2) is 12.4 Å². The van der Waals surface area contributed by atoms with Crippen LogP contribution in [0.3, 0.4) is 0 Å². The molecule has 4 rings (SSSR count). The van der Waals surface area contributed by atoms with E-state index in [1.165, 1.54) is 14.2 Å². The second kappa shape index (κ2) is 23.5. The van der Waals surface area contributed by atoms with Gasteiger partial charge in [-0.25, -0.2) is 9.48 Å². The van der Waals surface area contributed by atoms with Crippen molar-refractivity contribution in [1.29, 1.82) is 0 Å². The number of aliphatic carboxylic acids is 1. The summed E-state index contributed by atoms with van der Waals surface area (Å²) in [6.07, 6.45) is -7.45. The van der Waals surface area contributed by atoms with E-state index in [1.54, 1.807) is 4.68 Å². The number of carboxylic acid groups (broad SMARTS) is 1. The molecule has 10 atom stereocenters. The highest BCUT2D eigenvalue weighted by Crippen LogP contribution is 2.29. The third-order valence-electron chi connectivity index (χ3n) is 8.93. The molecule has 6 N–H and O–H groups in total. The molecule has 0 radical (unpaired) electrons. The van der Waals surface area contributed by atoms with Gasteiger partial charge in [0.2, 0.25) is 5.91 Å². The second-order valence-corrected chi connectivity index (χ2v) is 12.8. The molecular formula is C36H52N4O16. The first kappa shape index (κ1) is 45.0. The van der Waals surface area contributed by atoms with Crippen LogP contribution >= 0.6 is 0 Å². The fourth-order valence-electron chi connectivity index (χ4n) is 5.98. The minimum Gasteiger partial charge on any atom is -0.479 e. The summed E-state index contributed by atoms with van der Waals surface area (Å²) in [6, 6.07) is 7.54. The maximum absolute atomic E-state index is 12.7. The van der Waals surface area contributed by atoms with Crippen LogP contribution in [0.2, 0.25) is 0 Å². The van der Waals surface area contributed by atoms with E-state index >= 15 is 0 Å². The number of carboxylic acids is 1. The fourth-order valence-corrected chi connectivity index (χ4v) is 5.98. The van der Waals surface area contributed by atoms with Crippen LogP contribution in [0.25, 0.3) is 11.3 Å². The van der Waals surface area contributed by atoms with E-state index < -0.39 is 79.7 Å². The van der Waals surface area contributed by atoms with E-state index in [9.17, 15) is 35.1 Å². The molecule has 2 saturated heterocycles. The highest BCUT2D eigenvalue weighted by molar-refractivity contribution is 5.76. The molecule has 3 heterocycles. The SMILES string of the molecule is C#Cc1cccc(-c2cn(CCOCCOCCOCCOCCNC(=O)CC3OC(COC4C(C(=O)O)OC(OC)C(O)C4O)C(O)C(O)C3OC)nn2)c1. The number of rotatable bonds is 24. The van der Waals surface area contributed by atoms with Gasteiger partial charge in [0.05, 0.1) is 84.7 Å². The normalized spacial score (nSPS) is 27.8. The molecular weight excluding hydrogens is 744 g/mol. The Hall–Kier alpha value is -3.66. The number of nitrogens with zero attached hydrogens (tertiary/aromatic N) is 3. The number of terminal acetylenes is 1. The molecule has 0 saturated carbocycles. The first-order valence-corrected chi connectivity index (χ1v) is 18.1. The van der Waals surface area contributed by atoms with Crippen molar-refractivity contribution < 1.29 is 77.8 Å². The van der Waals surface area contributed by atoms with Gasteiger partial charge in [0.1, 0.15) is 48.4 Å². The largest absolute Gasteiger partial charge is 0.479 e. The number of carbonyl (C=O) groups excluding carboxylic acids is 1. The Morgan fingerprint density at radius 2 is 1.52 bits per heavy atom. The van der Waals surface area contributed by atoms with Crippen LogP contribution < -0.4 is 5.32 Å². The topological polar surface area (TPSA) is 261 Å². The number of methoxy groups -OCH3 is 2. The predicted molar refractivity (Wildman–Crippen MR) is 191 cm³/mol. The molecule has 2 fully saturated rings. The third-order valence-corrected chi connectivity index (χ3v) is 8.93. The molecule has 0 aliphatic carbocycles. The van der Waals surface area contributed by atoms with E-state index in [2.05, 4.69) is 21.5 Å². The summed E-state index contributed by atoms with van der Waals surface area (Å²) in [7, 11) is 2.45. The van der Waals surface area contributed by atoms with E-state index in [-0.39, 0.29) is 26.2 Å². The standard InChI is InChI=1S/C36H52N4O16/c1-4-22-6-5-7-23(18-22)24-20-40(39-38-24)9-11-51-13-15-53-17-16-52-14-12-50-10-8-37-27(41)19-25-32(48-2)29(43)28(42)26(55-25)21-54-33-30(44)31(45)36(49-3)56-34(33)35(46)47/h1,5-7,18,20,25-26,28-34,36,42-45H,8-17,19,21H2,2-3H3,(H,37,41)(H,46,47). The zero-order valence-electron chi connectivity index (χ0n) is 31.3. The maximum Gasteiger partial charge on any atom is 0.335 e. The van der Waals surface area contributed by atoms with Crippen LogP contribution in [0.5, 0.6) is 0 Å². The average Bonchev–Trinajstić information content (AvgIpc) is 3.67. The maximum atomic E-state index is 12.7. The Kier molecular flexibility index (Phi) is 18.9. The summed E-state index contributed by atoms with van der Waals surface area (Å²) in [5.41, 5.74) is 2.41. The van der Waals surface area contributed by atoms with Gasteiger partial charge in [0, 0.05) is 31.9 Å². The molecule has 0 spiro atoms. The molecule has 1 aromatic carbocycles. The van der Waals surface area contributed by atoms with Crippen molar-refractivity contribution in [2.45, 2.75) is 74.2 Å². The number of nitrogens with one attached hydrogen (secondary N) is 1. The van der Waals surface area contributed by atoms with Gasteiger partial charge in [-0.05, 0) is 12.1 Å². The molecule has 312 valence electrons. The highest BCUT2D eigenvalue weighted by Gasteiger charge is 2.50. The average molecular weight is 797 g/mol. The van der Waals surface area contributed by atoms with Crippen LogP contribution in [0.4, 0.5) is 0 Å². The van der Waals surface area contributed by atoms with Crippen LogP contribution in [-0.4, -0.2) is 194 Å². The van der Waals surface area contributed by atoms with Gasteiger partial charge < -0.3 is 73.5 Å². The molecule has 20 heteroatoms. The van der Waals surface area contributed by atoms with Gasteiger partial charge in [-0.2, -0.15) is 0 Å². The van der Waals surface area contributed by atoms with Crippen LogP contribution in [0.15, 0.2) is 30.5 Å². The monoisotopic (exact) mass is 796 g/mol. The van der Waals surface area contributed by atoms with Crippen LogP contribution in [-0.2, 0) is 58.8 Å². The number of hydrogen-bond donors (Lipinski definition) is 6. The Labute approximate surface area is 323 Å². The van der Waals surface area contributed by atoms with Crippen molar-refractivity contribution in [3.63, 3.8) is 0 Å². The van der Waals surface area contributed by atoms with Crippen molar-refractivity contribution in [1.82, 2.24) is 20.3 Å². The minimum atomic E-state index is -1.72. The molecule has 2 aliphatic rings. The lowest BCUT2D eigenvalue weighted by Gasteiger charge is -2.44. The molecule has 2 aliphatic heterocycles. The molecule has 56 heavy (non-hydrogen) atoms. The minimum absolute atomic E-state index is 0.170. The van der Waals surface area contributed by atoms with Gasteiger partial charge >= 0.3 is 5.97 Å². The number of aliphatic hydroxyl groups is 4. The lowest BCUT2D eigenvalue weighted by Crippen LogP contribution is -2.63. The number of aliphatic hydroxyl groups excluding tert-OH is 4. The summed E-state index contributed by atoms with van der Waals surface area (Å²) in [4.78, 5) is 24.4.